The second-order valence-electron chi connectivity index (χ2n) is 8.02. The van der Waals surface area contributed by atoms with Crippen LogP contribution in [0.15, 0.2) is 4.99 Å². The predicted molar refractivity (Wildman–Crippen MR) is 85.9 cm³/mol. The zero-order valence-corrected chi connectivity index (χ0v) is 13.3. The zero-order chi connectivity index (χ0) is 15.2. The number of nitrogens with zero attached hydrogens (tertiary/aromatic N) is 3. The summed E-state index contributed by atoms with van der Waals surface area (Å²) >= 11 is 0. The van der Waals surface area contributed by atoms with E-state index in [4.69, 9.17) is 16.0 Å². The first kappa shape index (κ1) is 14.3. The summed E-state index contributed by atoms with van der Waals surface area (Å²) in [5, 5.41) is 12.0. The third-order valence-electron chi connectivity index (χ3n) is 6.40. The first-order valence-corrected chi connectivity index (χ1v) is 8.95. The largest absolute Gasteiger partial charge is 0.342 e. The Bertz CT molecular complexity index is 488. The van der Waals surface area contributed by atoms with Gasteiger partial charge in [-0.15, -0.1) is 0 Å². The number of nitrogens with one attached hydrogen (secondary N) is 1. The number of nitriles is 1. The predicted octanol–water partition coefficient (Wildman–Crippen LogP) is 1.80. The highest BCUT2D eigenvalue weighted by Gasteiger charge is 2.55. The zero-order valence-electron chi connectivity index (χ0n) is 13.3. The van der Waals surface area contributed by atoms with Crippen LogP contribution in [0, 0.1) is 29.2 Å². The highest BCUT2D eigenvalue weighted by molar-refractivity contribution is 5.81. The number of nitrogens with two attached hydrogens (primary N) is 1. The second kappa shape index (κ2) is 5.42. The molecule has 5 aliphatic rings. The fourth-order valence-electron chi connectivity index (χ4n) is 5.79. The maximum atomic E-state index is 9.11. The van der Waals surface area contributed by atoms with Crippen LogP contribution in [0.25, 0.3) is 0 Å². The van der Waals surface area contributed by atoms with Crippen molar-refractivity contribution in [2.24, 2.45) is 28.5 Å². The molecule has 1 aliphatic heterocycles. The van der Waals surface area contributed by atoms with Gasteiger partial charge >= 0.3 is 0 Å². The number of piperidine rings is 1. The van der Waals surface area contributed by atoms with E-state index in [9.17, 15) is 0 Å². The van der Waals surface area contributed by atoms with Gasteiger partial charge in [-0.3, -0.25) is 5.32 Å². The van der Waals surface area contributed by atoms with Crippen LogP contribution in [0.4, 0.5) is 0 Å². The molecule has 0 aromatic rings. The van der Waals surface area contributed by atoms with Crippen molar-refractivity contribution in [2.75, 3.05) is 13.1 Å². The van der Waals surface area contributed by atoms with Crippen molar-refractivity contribution in [3.8, 4) is 6.19 Å². The van der Waals surface area contributed by atoms with Gasteiger partial charge in [0.05, 0.1) is 6.04 Å². The summed E-state index contributed by atoms with van der Waals surface area (Å²) in [5.74, 6) is 3.08. The number of aliphatic imine (C=N–C) groups is 1. The SMILES string of the molecule is N#CNC(=NC1C2CC3CC(C2)CC1(N)C3)N1CCCCC1. The highest BCUT2D eigenvalue weighted by Crippen LogP contribution is 2.55. The molecule has 3 unspecified atom stereocenters. The number of hydrogen-bond acceptors (Lipinski definition) is 3. The van der Waals surface area contributed by atoms with Gasteiger partial charge in [0, 0.05) is 18.6 Å². The van der Waals surface area contributed by atoms with E-state index in [1.165, 1.54) is 38.5 Å². The van der Waals surface area contributed by atoms with Gasteiger partial charge in [-0.1, -0.05) is 0 Å². The third-order valence-corrected chi connectivity index (χ3v) is 6.40. The lowest BCUT2D eigenvalue weighted by Gasteiger charge is -2.58. The number of guanidine groups is 1. The lowest BCUT2D eigenvalue weighted by Crippen LogP contribution is -2.65. The van der Waals surface area contributed by atoms with Gasteiger partial charge in [-0.2, -0.15) is 5.26 Å². The van der Waals surface area contributed by atoms with E-state index in [-0.39, 0.29) is 11.6 Å². The first-order chi connectivity index (χ1) is 10.7. The fraction of sp³-hybridized carbons (Fsp3) is 0.882. The maximum absolute atomic E-state index is 9.11. The van der Waals surface area contributed by atoms with Gasteiger partial charge in [0.2, 0.25) is 5.96 Å². The average Bonchev–Trinajstić information content (AvgIpc) is 2.49. The highest BCUT2D eigenvalue weighted by atomic mass is 15.3. The van der Waals surface area contributed by atoms with Gasteiger partial charge < -0.3 is 10.6 Å². The Kier molecular flexibility index (Phi) is 3.53. The van der Waals surface area contributed by atoms with E-state index in [1.54, 1.807) is 0 Å². The van der Waals surface area contributed by atoms with Crippen molar-refractivity contribution in [3.05, 3.63) is 0 Å². The Hall–Kier alpha value is -1.28. The average molecular weight is 301 g/mol. The summed E-state index contributed by atoms with van der Waals surface area (Å²) in [6.07, 6.45) is 12.0. The third kappa shape index (κ3) is 2.38. The van der Waals surface area contributed by atoms with E-state index in [0.29, 0.717) is 5.92 Å². The van der Waals surface area contributed by atoms with Crippen LogP contribution < -0.4 is 11.1 Å². The maximum Gasteiger partial charge on any atom is 0.207 e. The molecule has 0 spiro atoms. The molecule has 4 bridgehead atoms. The second-order valence-corrected chi connectivity index (χ2v) is 8.02. The molecule has 5 fully saturated rings. The summed E-state index contributed by atoms with van der Waals surface area (Å²) in [6.45, 7) is 2.02. The summed E-state index contributed by atoms with van der Waals surface area (Å²) in [4.78, 5) is 7.30. The minimum absolute atomic E-state index is 0.118. The van der Waals surface area contributed by atoms with Crippen molar-refractivity contribution in [1.29, 1.82) is 5.26 Å². The number of likely N-dealkylation sites (tertiary alicyclic amines) is 1. The molecule has 3 atom stereocenters. The van der Waals surface area contributed by atoms with Crippen LogP contribution in [0.3, 0.4) is 0 Å². The molecule has 5 heteroatoms. The van der Waals surface area contributed by atoms with E-state index in [2.05, 4.69) is 16.4 Å². The summed E-state index contributed by atoms with van der Waals surface area (Å²) < 4.78 is 0. The minimum Gasteiger partial charge on any atom is -0.342 e. The first-order valence-electron chi connectivity index (χ1n) is 8.95. The van der Waals surface area contributed by atoms with Crippen LogP contribution in [0.5, 0.6) is 0 Å². The lowest BCUT2D eigenvalue weighted by molar-refractivity contribution is -0.0185. The Morgan fingerprint density at radius 3 is 2.41 bits per heavy atom. The molecule has 5 nitrogen and oxygen atoms in total. The molecule has 0 aromatic carbocycles. The molecule has 4 saturated carbocycles. The van der Waals surface area contributed by atoms with Crippen LogP contribution >= 0.6 is 0 Å². The van der Waals surface area contributed by atoms with Crippen LogP contribution in [0.1, 0.15) is 51.4 Å². The Morgan fingerprint density at radius 1 is 1.14 bits per heavy atom. The Labute approximate surface area is 132 Å². The summed E-state index contributed by atoms with van der Waals surface area (Å²) in [6, 6.07) is 0.207. The quantitative estimate of drug-likeness (QED) is 0.335. The molecule has 0 aromatic heterocycles. The van der Waals surface area contributed by atoms with Crippen LogP contribution in [0.2, 0.25) is 0 Å². The smallest absolute Gasteiger partial charge is 0.207 e. The van der Waals surface area contributed by atoms with Crippen molar-refractivity contribution in [2.45, 2.75) is 62.9 Å². The monoisotopic (exact) mass is 301 g/mol. The standard InChI is InChI=1S/C17H27N5/c18-11-20-16(22-4-2-1-3-5-22)21-15-14-7-12-6-13(8-14)10-17(15,19)9-12/h12-15H,1-10,19H2,(H,20,21). The summed E-state index contributed by atoms with van der Waals surface area (Å²) in [5.41, 5.74) is 6.68. The summed E-state index contributed by atoms with van der Waals surface area (Å²) in [7, 11) is 0. The van der Waals surface area contributed by atoms with E-state index >= 15 is 0 Å². The van der Waals surface area contributed by atoms with E-state index < -0.39 is 0 Å². The lowest BCUT2D eigenvalue weighted by atomic mass is 9.51. The molecule has 0 amide bonds. The molecular formula is C17H27N5. The topological polar surface area (TPSA) is 77.4 Å². The minimum atomic E-state index is -0.118. The number of rotatable bonds is 1. The van der Waals surface area contributed by atoms with Gasteiger partial charge in [0.1, 0.15) is 0 Å². The van der Waals surface area contributed by atoms with Crippen molar-refractivity contribution in [1.82, 2.24) is 10.2 Å². The van der Waals surface area contributed by atoms with E-state index in [1.807, 2.05) is 0 Å². The van der Waals surface area contributed by atoms with Crippen molar-refractivity contribution >= 4 is 5.96 Å². The van der Waals surface area contributed by atoms with Gasteiger partial charge in [0.25, 0.3) is 0 Å². The molecule has 1 saturated heterocycles. The normalized spacial score (nSPS) is 44.0. The van der Waals surface area contributed by atoms with Gasteiger partial charge in [0.15, 0.2) is 6.19 Å². The Morgan fingerprint density at radius 2 is 1.82 bits per heavy atom. The van der Waals surface area contributed by atoms with Gasteiger partial charge in [-0.05, 0) is 69.1 Å². The molecule has 3 N–H and O–H groups in total. The van der Waals surface area contributed by atoms with Crippen LogP contribution in [-0.2, 0) is 0 Å². The van der Waals surface area contributed by atoms with Gasteiger partial charge in [-0.25, -0.2) is 4.99 Å². The molecule has 1 heterocycles. The molecule has 4 aliphatic carbocycles. The molecule has 120 valence electrons. The molecule has 0 radical (unpaired) electrons. The van der Waals surface area contributed by atoms with Crippen molar-refractivity contribution in [3.63, 3.8) is 0 Å². The Balaban J connectivity index is 1.60. The molecular weight excluding hydrogens is 274 g/mol. The van der Waals surface area contributed by atoms with Crippen LogP contribution in [-0.4, -0.2) is 35.5 Å². The fourth-order valence-corrected chi connectivity index (χ4v) is 5.79. The van der Waals surface area contributed by atoms with E-state index in [0.717, 1.165) is 43.7 Å². The molecule has 5 rings (SSSR count). The molecule has 22 heavy (non-hydrogen) atoms. The number of hydrogen-bond donors (Lipinski definition) is 2. The van der Waals surface area contributed by atoms with Crippen molar-refractivity contribution < 1.29 is 0 Å².